The first kappa shape index (κ1) is 24.5. The Morgan fingerprint density at radius 1 is 1.11 bits per heavy atom. The standard InChI is InChI=1S/C24H29FN6O4/c1-15-22(16(2)34-28-15)23-27-21(29-35-23)14-30-9-6-10-31(12-11-30)24(33)20(26-17(3)32)13-18-7-4-5-8-19(18)25/h4-5,7-8,20H,6,9-14H2,1-3H3,(H,26,32). The Bertz CT molecular complexity index is 1170. The van der Waals surface area contributed by atoms with Crippen LogP contribution in [0.4, 0.5) is 4.39 Å². The summed E-state index contributed by atoms with van der Waals surface area (Å²) in [7, 11) is 0. The Morgan fingerprint density at radius 2 is 1.91 bits per heavy atom. The largest absolute Gasteiger partial charge is 0.361 e. The summed E-state index contributed by atoms with van der Waals surface area (Å²) in [6, 6.07) is 5.46. The van der Waals surface area contributed by atoms with Crippen molar-refractivity contribution in [2.24, 2.45) is 0 Å². The number of carbonyl (C=O) groups is 2. The molecule has 1 fully saturated rings. The van der Waals surface area contributed by atoms with E-state index in [-0.39, 0.29) is 18.2 Å². The second-order valence-electron chi connectivity index (χ2n) is 8.72. The van der Waals surface area contributed by atoms with E-state index in [9.17, 15) is 14.0 Å². The van der Waals surface area contributed by atoms with Gasteiger partial charge in [-0.05, 0) is 31.9 Å². The van der Waals surface area contributed by atoms with Crippen LogP contribution in [0.2, 0.25) is 0 Å². The highest BCUT2D eigenvalue weighted by atomic mass is 19.1. The minimum Gasteiger partial charge on any atom is -0.361 e. The lowest BCUT2D eigenvalue weighted by Gasteiger charge is -2.27. The molecule has 11 heteroatoms. The predicted octanol–water partition coefficient (Wildman–Crippen LogP) is 2.26. The van der Waals surface area contributed by atoms with Gasteiger partial charge in [-0.1, -0.05) is 28.5 Å². The zero-order chi connectivity index (χ0) is 24.9. The lowest BCUT2D eigenvalue weighted by molar-refractivity contribution is -0.136. The van der Waals surface area contributed by atoms with Gasteiger partial charge in [0.05, 0.1) is 12.2 Å². The van der Waals surface area contributed by atoms with E-state index in [0.717, 1.165) is 13.0 Å². The van der Waals surface area contributed by atoms with Crippen LogP contribution in [-0.4, -0.2) is 69.1 Å². The van der Waals surface area contributed by atoms with E-state index < -0.39 is 11.9 Å². The fourth-order valence-electron chi connectivity index (χ4n) is 4.31. The van der Waals surface area contributed by atoms with Gasteiger partial charge in [0.2, 0.25) is 11.8 Å². The number of nitrogens with one attached hydrogen (secondary N) is 1. The van der Waals surface area contributed by atoms with E-state index in [1.807, 2.05) is 6.92 Å². The third-order valence-electron chi connectivity index (χ3n) is 6.04. The van der Waals surface area contributed by atoms with Gasteiger partial charge >= 0.3 is 0 Å². The Hall–Kier alpha value is -3.60. The molecule has 35 heavy (non-hydrogen) atoms. The molecule has 0 bridgehead atoms. The first-order chi connectivity index (χ1) is 16.8. The third kappa shape index (κ3) is 5.91. The molecule has 0 radical (unpaired) electrons. The van der Waals surface area contributed by atoms with Crippen LogP contribution >= 0.6 is 0 Å². The Kier molecular flexibility index (Phi) is 7.54. The summed E-state index contributed by atoms with van der Waals surface area (Å²) < 4.78 is 24.8. The van der Waals surface area contributed by atoms with Crippen molar-refractivity contribution in [1.29, 1.82) is 0 Å². The average molecular weight is 485 g/mol. The van der Waals surface area contributed by atoms with E-state index >= 15 is 0 Å². The first-order valence-corrected chi connectivity index (χ1v) is 11.6. The lowest BCUT2D eigenvalue weighted by Crippen LogP contribution is -2.50. The Balaban J connectivity index is 1.39. The second kappa shape index (κ2) is 10.8. The number of benzene rings is 1. The van der Waals surface area contributed by atoms with Gasteiger partial charge in [-0.15, -0.1) is 0 Å². The van der Waals surface area contributed by atoms with Crippen molar-refractivity contribution in [3.8, 4) is 11.5 Å². The minimum atomic E-state index is -0.828. The van der Waals surface area contributed by atoms with Crippen LogP contribution in [-0.2, 0) is 22.6 Å². The van der Waals surface area contributed by atoms with Crippen LogP contribution in [0.3, 0.4) is 0 Å². The van der Waals surface area contributed by atoms with Crippen molar-refractivity contribution in [3.05, 3.63) is 52.9 Å². The number of halogens is 1. The molecule has 3 aromatic rings. The van der Waals surface area contributed by atoms with E-state index in [0.29, 0.717) is 60.5 Å². The van der Waals surface area contributed by atoms with Gasteiger partial charge in [-0.25, -0.2) is 4.39 Å². The molecule has 1 aliphatic heterocycles. The van der Waals surface area contributed by atoms with Crippen LogP contribution in [0.5, 0.6) is 0 Å². The quantitative estimate of drug-likeness (QED) is 0.543. The molecule has 2 aromatic heterocycles. The smallest absolute Gasteiger partial charge is 0.263 e. The molecule has 1 N–H and O–H groups in total. The van der Waals surface area contributed by atoms with Crippen LogP contribution in [0.15, 0.2) is 33.3 Å². The zero-order valence-electron chi connectivity index (χ0n) is 20.1. The molecule has 10 nitrogen and oxygen atoms in total. The van der Waals surface area contributed by atoms with Crippen LogP contribution in [0.25, 0.3) is 11.5 Å². The topological polar surface area (TPSA) is 118 Å². The summed E-state index contributed by atoms with van der Waals surface area (Å²) in [6.45, 7) is 7.80. The normalized spacial score (nSPS) is 15.6. The molecule has 0 spiro atoms. The summed E-state index contributed by atoms with van der Waals surface area (Å²) in [6.07, 6.45) is 0.839. The molecule has 2 amide bonds. The van der Waals surface area contributed by atoms with Gasteiger partial charge in [0.25, 0.3) is 5.89 Å². The molecule has 1 saturated heterocycles. The van der Waals surface area contributed by atoms with E-state index in [2.05, 4.69) is 25.5 Å². The molecule has 0 aliphatic carbocycles. The SMILES string of the molecule is CC(=O)NC(Cc1ccccc1F)C(=O)N1CCCN(Cc2noc(-c3c(C)noc3C)n2)CC1. The molecule has 1 atom stereocenters. The molecular formula is C24H29FN6O4. The van der Waals surface area contributed by atoms with E-state index in [4.69, 9.17) is 9.05 Å². The molecule has 1 aromatic carbocycles. The fourth-order valence-corrected chi connectivity index (χ4v) is 4.31. The highest BCUT2D eigenvalue weighted by Crippen LogP contribution is 2.25. The second-order valence-corrected chi connectivity index (χ2v) is 8.72. The van der Waals surface area contributed by atoms with Gasteiger partial charge in [0, 0.05) is 39.5 Å². The summed E-state index contributed by atoms with van der Waals surface area (Å²) >= 11 is 0. The summed E-state index contributed by atoms with van der Waals surface area (Å²) in [5, 5.41) is 10.7. The number of nitrogens with zero attached hydrogens (tertiary/aromatic N) is 5. The van der Waals surface area contributed by atoms with Gasteiger partial charge < -0.3 is 19.3 Å². The maximum Gasteiger partial charge on any atom is 0.263 e. The van der Waals surface area contributed by atoms with Crippen LogP contribution < -0.4 is 5.32 Å². The molecule has 4 rings (SSSR count). The Morgan fingerprint density at radius 3 is 2.63 bits per heavy atom. The van der Waals surface area contributed by atoms with Crippen molar-refractivity contribution >= 4 is 11.8 Å². The monoisotopic (exact) mass is 484 g/mol. The van der Waals surface area contributed by atoms with Crippen LogP contribution in [0, 0.1) is 19.7 Å². The van der Waals surface area contributed by atoms with Crippen molar-refractivity contribution < 1.29 is 23.0 Å². The summed E-state index contributed by atoms with van der Waals surface area (Å²) in [4.78, 5) is 33.4. The number of rotatable bonds is 7. The highest BCUT2D eigenvalue weighted by molar-refractivity contribution is 5.87. The van der Waals surface area contributed by atoms with E-state index in [1.165, 1.54) is 13.0 Å². The maximum absolute atomic E-state index is 14.2. The minimum absolute atomic E-state index is 0.0959. The zero-order valence-corrected chi connectivity index (χ0v) is 20.1. The predicted molar refractivity (Wildman–Crippen MR) is 123 cm³/mol. The molecular weight excluding hydrogens is 455 g/mol. The fraction of sp³-hybridized carbons (Fsp3) is 0.458. The lowest BCUT2D eigenvalue weighted by atomic mass is 10.0. The van der Waals surface area contributed by atoms with Crippen molar-refractivity contribution in [2.75, 3.05) is 26.2 Å². The van der Waals surface area contributed by atoms with Gasteiger partial charge in [-0.2, -0.15) is 4.98 Å². The van der Waals surface area contributed by atoms with Crippen LogP contribution in [0.1, 0.15) is 36.2 Å². The van der Waals surface area contributed by atoms with Gasteiger partial charge in [-0.3, -0.25) is 14.5 Å². The number of hydrogen-bond acceptors (Lipinski definition) is 8. The molecule has 3 heterocycles. The van der Waals surface area contributed by atoms with Gasteiger partial charge in [0.1, 0.15) is 23.2 Å². The number of hydrogen-bond donors (Lipinski definition) is 1. The van der Waals surface area contributed by atoms with Gasteiger partial charge in [0.15, 0.2) is 5.82 Å². The third-order valence-corrected chi connectivity index (χ3v) is 6.04. The number of aryl methyl sites for hydroxylation is 2. The first-order valence-electron chi connectivity index (χ1n) is 11.6. The van der Waals surface area contributed by atoms with Crippen molar-refractivity contribution in [1.82, 2.24) is 30.4 Å². The number of carbonyl (C=O) groups excluding carboxylic acids is 2. The molecule has 186 valence electrons. The Labute approximate surface area is 202 Å². The molecule has 0 saturated carbocycles. The van der Waals surface area contributed by atoms with Crippen molar-refractivity contribution in [3.63, 3.8) is 0 Å². The maximum atomic E-state index is 14.2. The molecule has 1 unspecified atom stereocenters. The molecule has 1 aliphatic rings. The summed E-state index contributed by atoms with van der Waals surface area (Å²) in [5.41, 5.74) is 1.78. The van der Waals surface area contributed by atoms with E-state index in [1.54, 1.807) is 30.0 Å². The number of amides is 2. The highest BCUT2D eigenvalue weighted by Gasteiger charge is 2.28. The van der Waals surface area contributed by atoms with Crippen molar-refractivity contribution in [2.45, 2.75) is 46.2 Å². The number of aromatic nitrogens is 3. The summed E-state index contributed by atoms with van der Waals surface area (Å²) in [5.74, 6) is 0.581. The average Bonchev–Trinajstić information content (AvgIpc) is 3.32.